The minimum Gasteiger partial charge on any atom is -0.347 e. The standard InChI is InChI=1S/C13H21N3OS/c1-4-11-12(9-17)18-13(14-11)16-7-5-6-10(8-16)15(2)3/h9-10H,4-8H2,1-3H3. The third-order valence-electron chi connectivity index (χ3n) is 3.56. The summed E-state index contributed by atoms with van der Waals surface area (Å²) in [6.07, 6.45) is 4.21. The Labute approximate surface area is 113 Å². The summed E-state index contributed by atoms with van der Waals surface area (Å²) in [7, 11) is 4.26. The Hall–Kier alpha value is -0.940. The van der Waals surface area contributed by atoms with Crippen LogP contribution in [-0.4, -0.2) is 49.4 Å². The molecule has 18 heavy (non-hydrogen) atoms. The number of aryl methyl sites for hydroxylation is 1. The summed E-state index contributed by atoms with van der Waals surface area (Å²) >= 11 is 1.53. The van der Waals surface area contributed by atoms with Crippen molar-refractivity contribution in [1.82, 2.24) is 9.88 Å². The van der Waals surface area contributed by atoms with Gasteiger partial charge >= 0.3 is 0 Å². The van der Waals surface area contributed by atoms with Crippen LogP contribution in [0.25, 0.3) is 0 Å². The van der Waals surface area contributed by atoms with E-state index in [1.165, 1.54) is 24.2 Å². The van der Waals surface area contributed by atoms with Crippen molar-refractivity contribution in [2.24, 2.45) is 0 Å². The van der Waals surface area contributed by atoms with Gasteiger partial charge in [0.2, 0.25) is 0 Å². The number of hydrogen-bond acceptors (Lipinski definition) is 5. The van der Waals surface area contributed by atoms with Crippen LogP contribution in [0, 0.1) is 0 Å². The molecule has 2 heterocycles. The van der Waals surface area contributed by atoms with Crippen LogP contribution >= 0.6 is 11.3 Å². The first-order chi connectivity index (χ1) is 8.65. The van der Waals surface area contributed by atoms with E-state index in [0.717, 1.165) is 41.5 Å². The Kier molecular flexibility index (Phi) is 4.35. The van der Waals surface area contributed by atoms with Crippen molar-refractivity contribution >= 4 is 22.8 Å². The molecule has 100 valence electrons. The SMILES string of the molecule is CCc1nc(N2CCCC(N(C)C)C2)sc1C=O. The molecule has 4 nitrogen and oxygen atoms in total. The van der Waals surface area contributed by atoms with E-state index >= 15 is 0 Å². The van der Waals surface area contributed by atoms with Crippen molar-refractivity contribution in [1.29, 1.82) is 0 Å². The normalized spacial score (nSPS) is 20.4. The second kappa shape index (κ2) is 5.80. The van der Waals surface area contributed by atoms with Crippen LogP contribution in [0.3, 0.4) is 0 Å². The topological polar surface area (TPSA) is 36.4 Å². The number of rotatable bonds is 4. The average molecular weight is 267 g/mol. The molecule has 2 rings (SSSR count). The number of carbonyl (C=O) groups excluding carboxylic acids is 1. The molecule has 1 unspecified atom stereocenters. The number of carbonyl (C=O) groups is 1. The molecular formula is C13H21N3OS. The zero-order valence-electron chi connectivity index (χ0n) is 11.3. The quantitative estimate of drug-likeness (QED) is 0.782. The molecule has 1 aromatic heterocycles. The maximum absolute atomic E-state index is 11.0. The van der Waals surface area contributed by atoms with Gasteiger partial charge in [-0.1, -0.05) is 18.3 Å². The van der Waals surface area contributed by atoms with E-state index in [4.69, 9.17) is 0 Å². The second-order valence-corrected chi connectivity index (χ2v) is 5.99. The number of aldehydes is 1. The molecule has 1 saturated heterocycles. The molecule has 0 N–H and O–H groups in total. The van der Waals surface area contributed by atoms with E-state index in [1.54, 1.807) is 0 Å². The molecule has 0 aliphatic carbocycles. The molecule has 0 spiro atoms. The lowest BCUT2D eigenvalue weighted by Crippen LogP contribution is -2.45. The molecule has 1 atom stereocenters. The van der Waals surface area contributed by atoms with Gasteiger partial charge in [0, 0.05) is 19.1 Å². The van der Waals surface area contributed by atoms with Crippen LogP contribution < -0.4 is 4.90 Å². The number of likely N-dealkylation sites (N-methyl/N-ethyl adjacent to an activating group) is 1. The molecule has 1 aliphatic rings. The van der Waals surface area contributed by atoms with E-state index in [9.17, 15) is 4.79 Å². The van der Waals surface area contributed by atoms with Crippen molar-refractivity contribution in [3.63, 3.8) is 0 Å². The van der Waals surface area contributed by atoms with Gasteiger partial charge in [-0.2, -0.15) is 0 Å². The van der Waals surface area contributed by atoms with Gasteiger partial charge in [0.05, 0.1) is 10.6 Å². The van der Waals surface area contributed by atoms with Crippen LogP contribution in [0.4, 0.5) is 5.13 Å². The molecule has 0 amide bonds. The predicted molar refractivity (Wildman–Crippen MR) is 75.8 cm³/mol. The Morgan fingerprint density at radius 2 is 2.33 bits per heavy atom. The van der Waals surface area contributed by atoms with Gasteiger partial charge in [-0.25, -0.2) is 4.98 Å². The lowest BCUT2D eigenvalue weighted by molar-refractivity contribution is 0.112. The Morgan fingerprint density at radius 1 is 1.56 bits per heavy atom. The highest BCUT2D eigenvalue weighted by molar-refractivity contribution is 7.17. The molecule has 0 aromatic carbocycles. The fourth-order valence-electron chi connectivity index (χ4n) is 2.38. The monoisotopic (exact) mass is 267 g/mol. The first-order valence-electron chi connectivity index (χ1n) is 6.52. The summed E-state index contributed by atoms with van der Waals surface area (Å²) in [6, 6.07) is 0.590. The Balaban J connectivity index is 2.15. The number of hydrogen-bond donors (Lipinski definition) is 0. The minimum absolute atomic E-state index is 0.590. The van der Waals surface area contributed by atoms with Crippen LogP contribution in [0.15, 0.2) is 0 Å². The van der Waals surface area contributed by atoms with E-state index in [-0.39, 0.29) is 0 Å². The largest absolute Gasteiger partial charge is 0.347 e. The minimum atomic E-state index is 0.590. The van der Waals surface area contributed by atoms with Gasteiger partial charge in [0.1, 0.15) is 0 Å². The molecule has 1 fully saturated rings. The van der Waals surface area contributed by atoms with Crippen molar-refractivity contribution in [3.05, 3.63) is 10.6 Å². The fraction of sp³-hybridized carbons (Fsp3) is 0.692. The fourth-order valence-corrected chi connectivity index (χ4v) is 3.38. The smallest absolute Gasteiger partial charge is 0.186 e. The Bertz CT molecular complexity index is 416. The van der Waals surface area contributed by atoms with Crippen LogP contribution in [0.2, 0.25) is 0 Å². The van der Waals surface area contributed by atoms with Gasteiger partial charge in [-0.05, 0) is 33.4 Å². The highest BCUT2D eigenvalue weighted by Gasteiger charge is 2.24. The van der Waals surface area contributed by atoms with Crippen LogP contribution in [0.5, 0.6) is 0 Å². The molecule has 1 aromatic rings. The molecule has 1 aliphatic heterocycles. The molecule has 0 bridgehead atoms. The number of aromatic nitrogens is 1. The van der Waals surface area contributed by atoms with Crippen molar-refractivity contribution in [2.75, 3.05) is 32.1 Å². The lowest BCUT2D eigenvalue weighted by atomic mass is 10.1. The molecule has 0 radical (unpaired) electrons. The summed E-state index contributed by atoms with van der Waals surface area (Å²) in [4.78, 5) is 21.0. The number of nitrogens with zero attached hydrogens (tertiary/aromatic N) is 3. The summed E-state index contributed by atoms with van der Waals surface area (Å²) in [5, 5.41) is 1.01. The lowest BCUT2D eigenvalue weighted by Gasteiger charge is -2.35. The summed E-state index contributed by atoms with van der Waals surface area (Å²) in [5.74, 6) is 0. The highest BCUT2D eigenvalue weighted by Crippen LogP contribution is 2.28. The van der Waals surface area contributed by atoms with Crippen LogP contribution in [0.1, 0.15) is 35.1 Å². The number of anilines is 1. The van der Waals surface area contributed by atoms with E-state index < -0.39 is 0 Å². The predicted octanol–water partition coefficient (Wildman–Crippen LogP) is 2.05. The Morgan fingerprint density at radius 3 is 2.89 bits per heavy atom. The summed E-state index contributed by atoms with van der Waals surface area (Å²) in [5.41, 5.74) is 0.942. The van der Waals surface area contributed by atoms with Gasteiger partial charge in [-0.3, -0.25) is 4.79 Å². The average Bonchev–Trinajstić information content (AvgIpc) is 2.82. The zero-order valence-corrected chi connectivity index (χ0v) is 12.2. The summed E-state index contributed by atoms with van der Waals surface area (Å²) in [6.45, 7) is 4.12. The first-order valence-corrected chi connectivity index (χ1v) is 7.33. The highest BCUT2D eigenvalue weighted by atomic mass is 32.1. The number of thiazole rings is 1. The van der Waals surface area contributed by atoms with Gasteiger partial charge in [0.25, 0.3) is 0 Å². The third-order valence-corrected chi connectivity index (χ3v) is 4.64. The van der Waals surface area contributed by atoms with Gasteiger partial charge < -0.3 is 9.80 Å². The molecule has 0 saturated carbocycles. The maximum atomic E-state index is 11.0. The first kappa shape index (κ1) is 13.5. The van der Waals surface area contributed by atoms with E-state index in [0.29, 0.717) is 6.04 Å². The second-order valence-electron chi connectivity index (χ2n) is 4.98. The third kappa shape index (κ3) is 2.72. The summed E-state index contributed by atoms with van der Waals surface area (Å²) < 4.78 is 0. The maximum Gasteiger partial charge on any atom is 0.186 e. The van der Waals surface area contributed by atoms with E-state index in [1.807, 2.05) is 6.92 Å². The molecular weight excluding hydrogens is 246 g/mol. The van der Waals surface area contributed by atoms with Crippen molar-refractivity contribution < 1.29 is 4.79 Å². The van der Waals surface area contributed by atoms with Gasteiger partial charge in [0.15, 0.2) is 11.4 Å². The van der Waals surface area contributed by atoms with Crippen molar-refractivity contribution in [2.45, 2.75) is 32.2 Å². The molecule has 5 heteroatoms. The zero-order chi connectivity index (χ0) is 13.1. The van der Waals surface area contributed by atoms with Gasteiger partial charge in [-0.15, -0.1) is 0 Å². The number of piperidine rings is 1. The van der Waals surface area contributed by atoms with E-state index in [2.05, 4.69) is 28.9 Å². The van der Waals surface area contributed by atoms with Crippen LogP contribution in [-0.2, 0) is 6.42 Å². The van der Waals surface area contributed by atoms with Crippen molar-refractivity contribution in [3.8, 4) is 0 Å².